The van der Waals surface area contributed by atoms with Gasteiger partial charge in [0.05, 0.1) is 19.2 Å². The lowest BCUT2D eigenvalue weighted by Crippen LogP contribution is -2.16. The van der Waals surface area contributed by atoms with Crippen molar-refractivity contribution >= 4 is 17.0 Å². The average molecular weight is 280 g/mol. The van der Waals surface area contributed by atoms with E-state index in [2.05, 4.69) is 14.7 Å². The van der Waals surface area contributed by atoms with Crippen LogP contribution in [0.15, 0.2) is 11.0 Å². The zero-order valence-corrected chi connectivity index (χ0v) is 10.5. The molecule has 1 aromatic heterocycles. The van der Waals surface area contributed by atoms with E-state index < -0.39 is 29.1 Å². The molecule has 0 saturated heterocycles. The average Bonchev–Trinajstić information content (AvgIpc) is 2.89. The first-order valence-electron chi connectivity index (χ1n) is 5.98. The maximum absolute atomic E-state index is 14.3. The van der Waals surface area contributed by atoms with Crippen molar-refractivity contribution in [3.05, 3.63) is 39.3 Å². The zero-order valence-electron chi connectivity index (χ0n) is 10.5. The van der Waals surface area contributed by atoms with Crippen molar-refractivity contribution in [3.8, 4) is 0 Å². The minimum atomic E-state index is -0.729. The fourth-order valence-corrected chi connectivity index (χ4v) is 2.61. The van der Waals surface area contributed by atoms with Gasteiger partial charge in [-0.15, -0.1) is 0 Å². The quantitative estimate of drug-likeness (QED) is 0.794. The normalized spacial score (nSPS) is 17.2. The summed E-state index contributed by atoms with van der Waals surface area (Å²) in [6.07, 6.45) is 1.02. The molecule has 2 aromatic rings. The number of esters is 1. The molecule has 1 aliphatic carbocycles. The molecule has 0 bridgehead atoms. The Kier molecular flexibility index (Phi) is 2.77. The molecule has 0 aliphatic heterocycles. The first-order chi connectivity index (χ1) is 9.52. The number of nitrogens with one attached hydrogen (secondary N) is 1. The van der Waals surface area contributed by atoms with Crippen LogP contribution in [0, 0.1) is 17.6 Å². The molecular formula is C13H10F2N2O3. The summed E-state index contributed by atoms with van der Waals surface area (Å²) in [6.45, 7) is 0. The number of hydrogen-bond acceptors (Lipinski definition) is 4. The molecule has 104 valence electrons. The molecule has 20 heavy (non-hydrogen) atoms. The smallest absolute Gasteiger partial charge is 0.309 e. The molecule has 0 spiro atoms. The Labute approximate surface area is 111 Å². The van der Waals surface area contributed by atoms with E-state index in [4.69, 9.17) is 0 Å². The van der Waals surface area contributed by atoms with Crippen LogP contribution in [0.3, 0.4) is 0 Å². The van der Waals surface area contributed by atoms with Gasteiger partial charge in [0.15, 0.2) is 11.6 Å². The van der Waals surface area contributed by atoms with Gasteiger partial charge in [-0.05, 0) is 24.0 Å². The summed E-state index contributed by atoms with van der Waals surface area (Å²) in [5.74, 6) is -2.54. The lowest BCUT2D eigenvalue weighted by atomic mass is 10.1. The van der Waals surface area contributed by atoms with Gasteiger partial charge in [0.2, 0.25) is 0 Å². The van der Waals surface area contributed by atoms with Crippen LogP contribution in [-0.4, -0.2) is 23.0 Å². The van der Waals surface area contributed by atoms with Crippen molar-refractivity contribution in [3.63, 3.8) is 0 Å². The number of aromatic nitrogens is 2. The van der Waals surface area contributed by atoms with E-state index in [9.17, 15) is 18.4 Å². The monoisotopic (exact) mass is 280 g/mol. The number of carbonyl (C=O) groups is 1. The maximum atomic E-state index is 14.3. The van der Waals surface area contributed by atoms with Crippen molar-refractivity contribution < 1.29 is 18.3 Å². The van der Waals surface area contributed by atoms with Gasteiger partial charge in [0.1, 0.15) is 11.0 Å². The summed E-state index contributed by atoms with van der Waals surface area (Å²) in [4.78, 5) is 28.6. The van der Waals surface area contributed by atoms with Gasteiger partial charge in [-0.1, -0.05) is 0 Å². The number of nitrogens with zero attached hydrogens (tertiary/aromatic N) is 1. The van der Waals surface area contributed by atoms with Crippen LogP contribution >= 0.6 is 0 Å². The van der Waals surface area contributed by atoms with Gasteiger partial charge in [-0.2, -0.15) is 0 Å². The second-order valence-electron chi connectivity index (χ2n) is 4.68. The van der Waals surface area contributed by atoms with Crippen LogP contribution in [0.5, 0.6) is 0 Å². The van der Waals surface area contributed by atoms with E-state index in [0.717, 1.165) is 6.20 Å². The topological polar surface area (TPSA) is 72.1 Å². The van der Waals surface area contributed by atoms with Crippen molar-refractivity contribution in [2.75, 3.05) is 7.11 Å². The minimum absolute atomic E-state index is 0.0532. The Morgan fingerprint density at radius 2 is 2.00 bits per heavy atom. The van der Waals surface area contributed by atoms with Crippen molar-refractivity contribution in [1.29, 1.82) is 0 Å². The number of H-pyrrole nitrogens is 1. The first kappa shape index (κ1) is 12.7. The summed E-state index contributed by atoms with van der Waals surface area (Å²) in [5.41, 5.74) is -0.872. The summed E-state index contributed by atoms with van der Waals surface area (Å²) >= 11 is 0. The van der Waals surface area contributed by atoms with Crippen LogP contribution in [0.4, 0.5) is 8.78 Å². The number of carbonyl (C=O) groups excluding carboxylic acids is 1. The molecule has 0 saturated carbocycles. The first-order valence-corrected chi connectivity index (χ1v) is 5.98. The van der Waals surface area contributed by atoms with E-state index in [1.807, 2.05) is 0 Å². The van der Waals surface area contributed by atoms with Gasteiger partial charge in [-0.25, -0.2) is 13.8 Å². The molecule has 1 heterocycles. The molecule has 7 heteroatoms. The number of halogens is 2. The third-order valence-corrected chi connectivity index (χ3v) is 3.55. The van der Waals surface area contributed by atoms with Gasteiger partial charge in [-0.3, -0.25) is 9.59 Å². The predicted molar refractivity (Wildman–Crippen MR) is 65.2 cm³/mol. The summed E-state index contributed by atoms with van der Waals surface area (Å²) in [5, 5.41) is 0. The number of rotatable bonds is 1. The van der Waals surface area contributed by atoms with Crippen LogP contribution in [0.1, 0.15) is 11.1 Å². The molecule has 1 unspecified atom stereocenters. The molecule has 3 rings (SSSR count). The molecule has 0 fully saturated rings. The predicted octanol–water partition coefficient (Wildman–Crippen LogP) is 1.09. The van der Waals surface area contributed by atoms with Gasteiger partial charge >= 0.3 is 5.97 Å². The van der Waals surface area contributed by atoms with Gasteiger partial charge < -0.3 is 9.72 Å². The molecule has 0 radical (unpaired) electrons. The van der Waals surface area contributed by atoms with Crippen molar-refractivity contribution in [1.82, 2.24) is 9.97 Å². The number of aromatic amines is 1. The molecular weight excluding hydrogens is 270 g/mol. The highest BCUT2D eigenvalue weighted by Crippen LogP contribution is 2.35. The second-order valence-corrected chi connectivity index (χ2v) is 4.68. The molecule has 1 aliphatic rings. The highest BCUT2D eigenvalue weighted by Gasteiger charge is 2.34. The fraction of sp³-hybridized carbons (Fsp3) is 0.308. The van der Waals surface area contributed by atoms with Crippen LogP contribution in [-0.2, 0) is 22.4 Å². The number of fused-ring (bicyclic) bond motifs is 2. The Morgan fingerprint density at radius 1 is 1.35 bits per heavy atom. The number of benzene rings is 1. The van der Waals surface area contributed by atoms with E-state index in [-0.39, 0.29) is 35.0 Å². The van der Waals surface area contributed by atoms with Crippen LogP contribution < -0.4 is 5.56 Å². The Balaban J connectivity index is 2.24. The standard InChI is InChI=1S/C13H10F2N2O3/c1-20-13(19)5-2-6-7(3-5)10(15)12-11(9(6)14)16-4-8(18)17-12/h4-5H,2-3H2,1H3,(H,17,18). The number of hydrogen-bond donors (Lipinski definition) is 1. The largest absolute Gasteiger partial charge is 0.469 e. The molecule has 1 aromatic carbocycles. The van der Waals surface area contributed by atoms with Gasteiger partial charge in [0, 0.05) is 0 Å². The minimum Gasteiger partial charge on any atom is -0.469 e. The number of methoxy groups -OCH3 is 1. The zero-order chi connectivity index (χ0) is 14.4. The molecule has 1 atom stereocenters. The third kappa shape index (κ3) is 1.70. The van der Waals surface area contributed by atoms with E-state index >= 15 is 0 Å². The molecule has 0 amide bonds. The van der Waals surface area contributed by atoms with Crippen molar-refractivity contribution in [2.24, 2.45) is 5.92 Å². The molecule has 1 N–H and O–H groups in total. The lowest BCUT2D eigenvalue weighted by Gasteiger charge is -2.06. The highest BCUT2D eigenvalue weighted by molar-refractivity contribution is 5.80. The van der Waals surface area contributed by atoms with E-state index in [0.29, 0.717) is 0 Å². The Hall–Kier alpha value is -2.31. The summed E-state index contributed by atoms with van der Waals surface area (Å²) in [6, 6.07) is 0. The van der Waals surface area contributed by atoms with Crippen LogP contribution in [0.25, 0.3) is 11.0 Å². The number of ether oxygens (including phenoxy) is 1. The van der Waals surface area contributed by atoms with E-state index in [1.54, 1.807) is 0 Å². The Morgan fingerprint density at radius 3 is 2.65 bits per heavy atom. The summed E-state index contributed by atoms with van der Waals surface area (Å²) in [7, 11) is 1.23. The summed E-state index contributed by atoms with van der Waals surface area (Å²) < 4.78 is 33.3. The Bertz CT molecular complexity index is 785. The second kappa shape index (κ2) is 4.36. The van der Waals surface area contributed by atoms with Gasteiger partial charge in [0.25, 0.3) is 5.56 Å². The lowest BCUT2D eigenvalue weighted by molar-refractivity contribution is -0.145. The van der Waals surface area contributed by atoms with Crippen LogP contribution in [0.2, 0.25) is 0 Å². The third-order valence-electron chi connectivity index (χ3n) is 3.55. The fourth-order valence-electron chi connectivity index (χ4n) is 2.61. The highest BCUT2D eigenvalue weighted by atomic mass is 19.1. The maximum Gasteiger partial charge on any atom is 0.309 e. The SMILES string of the molecule is COC(=O)C1Cc2c(c(F)c3[nH]c(=O)cnc3c2F)C1. The van der Waals surface area contributed by atoms with Crippen molar-refractivity contribution in [2.45, 2.75) is 12.8 Å². The molecule has 5 nitrogen and oxygen atoms in total. The van der Waals surface area contributed by atoms with E-state index in [1.165, 1.54) is 7.11 Å².